The van der Waals surface area contributed by atoms with Crippen LogP contribution in [0.25, 0.3) is 21.3 Å². The largest absolute Gasteiger partial charge is 0.479 e. The number of hydrogen-bond acceptors (Lipinski definition) is 19. The number of aromatic nitrogens is 4. The summed E-state index contributed by atoms with van der Waals surface area (Å²) in [5, 5.41) is 80.7. The van der Waals surface area contributed by atoms with Crippen LogP contribution in [-0.4, -0.2) is 166 Å². The van der Waals surface area contributed by atoms with Crippen molar-refractivity contribution < 1.29 is 73.9 Å². The third kappa shape index (κ3) is 13.1. The molecule has 5 heterocycles. The van der Waals surface area contributed by atoms with E-state index >= 15 is 0 Å². The van der Waals surface area contributed by atoms with Crippen LogP contribution in [0, 0.1) is 23.2 Å². The number of rotatable bonds is 24. The van der Waals surface area contributed by atoms with Gasteiger partial charge in [0.05, 0.1) is 41.3 Å². The molecule has 1 saturated heterocycles. The van der Waals surface area contributed by atoms with Crippen LogP contribution in [0.3, 0.4) is 0 Å². The summed E-state index contributed by atoms with van der Waals surface area (Å²) in [7, 11) is 0. The van der Waals surface area contributed by atoms with Gasteiger partial charge >= 0.3 is 18.0 Å². The van der Waals surface area contributed by atoms with Crippen molar-refractivity contribution in [3.05, 3.63) is 118 Å². The summed E-state index contributed by atoms with van der Waals surface area (Å²) in [6.07, 6.45) is -1.45. The molecule has 23 nitrogen and oxygen atoms in total. The van der Waals surface area contributed by atoms with Crippen molar-refractivity contribution in [2.24, 2.45) is 22.0 Å². The second-order valence-electron chi connectivity index (χ2n) is 25.6. The Bertz CT molecular complexity index is 3530. The molecule has 0 radical (unpaired) electrons. The highest BCUT2D eigenvalue weighted by atomic mass is 32.1. The van der Waals surface area contributed by atoms with Crippen LogP contribution < -0.4 is 20.7 Å². The van der Waals surface area contributed by atoms with Gasteiger partial charge in [-0.3, -0.25) is 14.8 Å². The number of aromatic carboxylic acids is 1. The van der Waals surface area contributed by atoms with Gasteiger partial charge in [0.2, 0.25) is 6.29 Å². The third-order valence-corrected chi connectivity index (χ3v) is 19.4. The maximum Gasteiger partial charge on any atom is 0.410 e. The van der Waals surface area contributed by atoms with Gasteiger partial charge in [-0.05, 0) is 153 Å². The van der Waals surface area contributed by atoms with Crippen LogP contribution >= 0.6 is 11.3 Å². The normalized spacial score (nSPS) is 26.6. The Labute approximate surface area is 513 Å². The number of nitrogens with zero attached hydrogens (tertiary/aromatic N) is 6. The summed E-state index contributed by atoms with van der Waals surface area (Å²) in [5.41, 5.74) is 10.9. The van der Waals surface area contributed by atoms with E-state index in [2.05, 4.69) is 24.1 Å². The Morgan fingerprint density at radius 3 is 2.42 bits per heavy atom. The van der Waals surface area contributed by atoms with Crippen LogP contribution in [-0.2, 0) is 51.5 Å². The number of ether oxygens (including phenoxy) is 4. The van der Waals surface area contributed by atoms with Crippen LogP contribution in [0.2, 0.25) is 0 Å². The van der Waals surface area contributed by atoms with E-state index in [1.807, 2.05) is 65.0 Å². The van der Waals surface area contributed by atoms with E-state index in [-0.39, 0.29) is 66.3 Å². The molecular formula is C64H78N8O15S. The Hall–Kier alpha value is -7.13. The molecular weight excluding hydrogens is 1150 g/mol. The quantitative estimate of drug-likeness (QED) is 0.0294. The summed E-state index contributed by atoms with van der Waals surface area (Å²) in [4.78, 5) is 65.8. The van der Waals surface area contributed by atoms with Crippen LogP contribution in [0.1, 0.15) is 120 Å². The Kier molecular flexibility index (Phi) is 18.0. The van der Waals surface area contributed by atoms with Gasteiger partial charge in [-0.25, -0.2) is 24.4 Å². The molecule has 24 heteroatoms. The number of unbranched alkanes of at least 4 members (excludes halogenated alkanes) is 1. The van der Waals surface area contributed by atoms with Crippen LogP contribution in [0.4, 0.5) is 15.7 Å². The number of amides is 2. The van der Waals surface area contributed by atoms with E-state index in [0.29, 0.717) is 72.2 Å². The predicted octanol–water partition coefficient (Wildman–Crippen LogP) is 6.45. The number of carbonyl (C=O) groups is 4. The third-order valence-electron chi connectivity index (χ3n) is 18.4. The fourth-order valence-electron chi connectivity index (χ4n) is 15.4. The fourth-order valence-corrected chi connectivity index (χ4v) is 16.3. The number of carbonyl (C=O) groups excluding carboxylic acids is 2. The van der Waals surface area contributed by atoms with Crippen molar-refractivity contribution >= 4 is 56.4 Å². The summed E-state index contributed by atoms with van der Waals surface area (Å²) < 4.78 is 27.4. The van der Waals surface area contributed by atoms with Crippen LogP contribution in [0.5, 0.6) is 5.75 Å². The van der Waals surface area contributed by atoms with Crippen molar-refractivity contribution in [3.63, 3.8) is 0 Å². The molecule has 4 aliphatic carbocycles. The number of aliphatic hydroxyl groups is 5. The molecule has 4 bridgehead atoms. The first-order chi connectivity index (χ1) is 42.1. The van der Waals surface area contributed by atoms with Crippen molar-refractivity contribution in [2.45, 2.75) is 154 Å². The van der Waals surface area contributed by atoms with E-state index in [1.54, 1.807) is 30.5 Å². The second-order valence-corrected chi connectivity index (χ2v) is 26.7. The van der Waals surface area contributed by atoms with Gasteiger partial charge in [-0.2, -0.15) is 5.10 Å². The molecule has 8 atom stereocenters. The van der Waals surface area contributed by atoms with Crippen molar-refractivity contribution in [1.29, 1.82) is 0 Å². The van der Waals surface area contributed by atoms with Crippen molar-refractivity contribution in [3.8, 4) is 16.9 Å². The number of carboxylic acid groups (broad SMARTS) is 2. The number of aliphatic hydroxyl groups excluding tert-OH is 5. The topological polar surface area (TPSA) is 335 Å². The highest BCUT2D eigenvalue weighted by Crippen LogP contribution is 2.72. The van der Waals surface area contributed by atoms with E-state index in [0.717, 1.165) is 84.0 Å². The molecule has 2 aliphatic heterocycles. The summed E-state index contributed by atoms with van der Waals surface area (Å²) >= 11 is 1.41. The molecule has 3 unspecified atom stereocenters. The molecule has 5 fully saturated rings. The number of benzene rings is 3. The van der Waals surface area contributed by atoms with E-state index in [9.17, 15) is 54.9 Å². The number of para-hydroxylation sites is 1. The standard InChI is InChI=1S/C64H78N8O15S/c1-37-44(42-16-17-49(68-50(42)56(79)80)71-21-18-39-10-8-11-43(45(39)27-71)55(78)69-59-67-46-12-4-5-13-48(46)88-59)26-66-72(37)36-63-31-61(2)30-62(3,32-63)34-64(33-61,35-63)85-24-23-70(22-19-41(74)28-73)60(83)84-29-40-15-14-38(9-6-7-20-65)25-47(40)86-58-53(77)51(75)52(76)54(87-58)57(81)82/h4-5,8,10-17,25-26,41,51-54,58,73-77H,6-7,9,18-24,27-36,65H2,1-3H3,(H,79,80)(H,81,82)(H,67,69,78)/t41?,51-,52-,53+,54-,58+,61?,62?,63?,64?/m0/s1. The number of hydrogen-bond donors (Lipinski definition) is 9. The molecule has 6 aromatic rings. The number of anilines is 2. The van der Waals surface area contributed by atoms with Gasteiger partial charge in [-0.1, -0.05) is 61.6 Å². The maximum absolute atomic E-state index is 14.1. The number of nitrogens with one attached hydrogen (secondary N) is 1. The van der Waals surface area contributed by atoms with Crippen LogP contribution in [0.15, 0.2) is 79.0 Å². The highest BCUT2D eigenvalue weighted by molar-refractivity contribution is 7.22. The van der Waals surface area contributed by atoms with E-state index in [1.165, 1.54) is 16.2 Å². The summed E-state index contributed by atoms with van der Waals surface area (Å²) in [6, 6.07) is 22.2. The smallest absolute Gasteiger partial charge is 0.410 e. The number of thiazole rings is 1. The van der Waals surface area contributed by atoms with Crippen molar-refractivity contribution in [1.82, 2.24) is 24.6 Å². The number of nitrogens with two attached hydrogens (primary N) is 1. The molecule has 6 aliphatic rings. The Morgan fingerprint density at radius 2 is 1.68 bits per heavy atom. The fraction of sp³-hybridized carbons (Fsp3) is 0.516. The van der Waals surface area contributed by atoms with Crippen molar-refractivity contribution in [2.75, 3.05) is 49.6 Å². The van der Waals surface area contributed by atoms with Gasteiger partial charge in [0.1, 0.15) is 36.5 Å². The summed E-state index contributed by atoms with van der Waals surface area (Å²) in [5.74, 6) is -2.46. The van der Waals surface area contributed by atoms with E-state index in [4.69, 9.17) is 34.8 Å². The number of aliphatic carboxylic acids is 1. The maximum atomic E-state index is 14.1. The SMILES string of the molecule is Cc1c(-c2ccc(N3CCc4cccc(C(=O)Nc5nc6ccccc6s5)c4C3)nc2C(=O)O)cnn1CC12CC3(C)CC(C)(C1)CC(OCCN(CCC(O)CO)C(=O)OCc1ccc(CCCCN)cc1O[C@@H]1O[C@H](C(=O)O)[C@@H](O)[C@H](O)[C@H]1O)(C3)C2. The number of aryl methyl sites for hydroxylation is 1. The lowest BCUT2D eigenvalue weighted by Gasteiger charge is -2.69. The first-order valence-electron chi connectivity index (χ1n) is 30.1. The molecule has 88 heavy (non-hydrogen) atoms. The minimum atomic E-state index is -1.93. The minimum Gasteiger partial charge on any atom is -0.479 e. The number of fused-ring (bicyclic) bond motifs is 2. The summed E-state index contributed by atoms with van der Waals surface area (Å²) in [6.45, 7) is 7.94. The molecule has 3 aromatic carbocycles. The highest BCUT2D eigenvalue weighted by Gasteiger charge is 2.66. The second kappa shape index (κ2) is 25.4. The minimum absolute atomic E-state index is 0.0160. The number of carboxylic acids is 2. The monoisotopic (exact) mass is 1230 g/mol. The molecule has 12 rings (SSSR count). The molecule has 4 saturated carbocycles. The molecule has 3 aromatic heterocycles. The first kappa shape index (κ1) is 62.5. The lowest BCUT2D eigenvalue weighted by atomic mass is 9.39. The van der Waals surface area contributed by atoms with Gasteiger partial charge in [-0.15, -0.1) is 0 Å². The van der Waals surface area contributed by atoms with Gasteiger partial charge in [0.25, 0.3) is 5.91 Å². The molecule has 10 N–H and O–H groups in total. The van der Waals surface area contributed by atoms with E-state index < -0.39 is 67.0 Å². The zero-order valence-electron chi connectivity index (χ0n) is 49.7. The average Bonchev–Trinajstić information content (AvgIpc) is 0.796. The lowest BCUT2D eigenvalue weighted by molar-refractivity contribution is -0.271. The predicted molar refractivity (Wildman–Crippen MR) is 324 cm³/mol. The average molecular weight is 1230 g/mol. The van der Waals surface area contributed by atoms with Gasteiger partial charge < -0.3 is 70.2 Å². The zero-order valence-corrected chi connectivity index (χ0v) is 50.5. The Balaban J connectivity index is 0.771. The van der Waals surface area contributed by atoms with Gasteiger partial charge in [0.15, 0.2) is 16.9 Å². The molecule has 470 valence electrons. The first-order valence-corrected chi connectivity index (χ1v) is 31.0. The lowest BCUT2D eigenvalue weighted by Crippen LogP contribution is -2.64. The van der Waals surface area contributed by atoms with Gasteiger partial charge in [0, 0.05) is 60.7 Å². The Morgan fingerprint density at radius 1 is 0.898 bits per heavy atom. The zero-order chi connectivity index (χ0) is 62.3. The molecule has 2 amide bonds. The number of pyridine rings is 1. The molecule has 0 spiro atoms.